The van der Waals surface area contributed by atoms with E-state index >= 15 is 0 Å². The predicted molar refractivity (Wildman–Crippen MR) is 60.2 cm³/mol. The highest BCUT2D eigenvalue weighted by Crippen LogP contribution is 2.20. The van der Waals surface area contributed by atoms with Gasteiger partial charge in [0.15, 0.2) is 0 Å². The van der Waals surface area contributed by atoms with Gasteiger partial charge < -0.3 is 15.7 Å². The average Bonchev–Trinajstić information content (AvgIpc) is 2.19. The van der Waals surface area contributed by atoms with Crippen LogP contribution < -0.4 is 10.6 Å². The number of carboxylic acid groups (broad SMARTS) is 1. The van der Waals surface area contributed by atoms with Gasteiger partial charge in [-0.1, -0.05) is 6.92 Å². The van der Waals surface area contributed by atoms with Crippen molar-refractivity contribution in [1.82, 2.24) is 10.6 Å². The summed E-state index contributed by atoms with van der Waals surface area (Å²) < 4.78 is 0. The van der Waals surface area contributed by atoms with E-state index < -0.39 is 11.4 Å². The van der Waals surface area contributed by atoms with E-state index in [1.807, 2.05) is 0 Å². The lowest BCUT2D eigenvalue weighted by molar-refractivity contribution is -0.147. The van der Waals surface area contributed by atoms with Crippen LogP contribution in [0, 0.1) is 5.41 Å². The van der Waals surface area contributed by atoms with E-state index in [0.29, 0.717) is 6.42 Å². The molecule has 5 heteroatoms. The Kier molecular flexibility index (Phi) is 4.15. The first-order valence-electron chi connectivity index (χ1n) is 5.75. The van der Waals surface area contributed by atoms with Crippen molar-refractivity contribution >= 4 is 12.0 Å². The van der Waals surface area contributed by atoms with Crippen molar-refractivity contribution in [2.45, 2.75) is 45.6 Å². The second-order valence-corrected chi connectivity index (χ2v) is 4.67. The van der Waals surface area contributed by atoms with E-state index in [2.05, 4.69) is 10.6 Å². The lowest BCUT2D eigenvalue weighted by Gasteiger charge is -2.28. The molecule has 92 valence electrons. The van der Waals surface area contributed by atoms with E-state index in [9.17, 15) is 9.59 Å². The van der Waals surface area contributed by atoms with Crippen LogP contribution >= 0.6 is 0 Å². The van der Waals surface area contributed by atoms with Crippen molar-refractivity contribution in [1.29, 1.82) is 0 Å². The summed E-state index contributed by atoms with van der Waals surface area (Å²) in [5.41, 5.74) is -0.878. The molecule has 1 aliphatic rings. The number of nitrogens with one attached hydrogen (secondary N) is 2. The Bertz CT molecular complexity index is 276. The van der Waals surface area contributed by atoms with Crippen molar-refractivity contribution < 1.29 is 14.7 Å². The maximum absolute atomic E-state index is 11.4. The summed E-state index contributed by atoms with van der Waals surface area (Å²) in [7, 11) is 0. The molecular formula is C11H20N2O3. The predicted octanol–water partition coefficient (Wildman–Crippen LogP) is 1.34. The van der Waals surface area contributed by atoms with Crippen LogP contribution in [0.25, 0.3) is 0 Å². The molecule has 0 spiro atoms. The summed E-state index contributed by atoms with van der Waals surface area (Å²) in [6.45, 7) is 3.61. The minimum atomic E-state index is -0.878. The van der Waals surface area contributed by atoms with Gasteiger partial charge in [-0.3, -0.25) is 4.79 Å². The Morgan fingerprint density at radius 3 is 2.44 bits per heavy atom. The van der Waals surface area contributed by atoms with Crippen molar-refractivity contribution in [3.8, 4) is 0 Å². The monoisotopic (exact) mass is 228 g/mol. The molecule has 3 N–H and O–H groups in total. The molecule has 1 atom stereocenters. The Morgan fingerprint density at radius 2 is 2.06 bits per heavy atom. The van der Waals surface area contributed by atoms with Gasteiger partial charge in [-0.15, -0.1) is 0 Å². The molecule has 0 aromatic rings. The van der Waals surface area contributed by atoms with Crippen LogP contribution in [0.1, 0.15) is 39.5 Å². The Morgan fingerprint density at radius 1 is 1.44 bits per heavy atom. The van der Waals surface area contributed by atoms with E-state index in [1.165, 1.54) is 0 Å². The fourth-order valence-corrected chi connectivity index (χ4v) is 1.42. The summed E-state index contributed by atoms with van der Waals surface area (Å²) in [6, 6.07) is 0.0170. The van der Waals surface area contributed by atoms with E-state index in [-0.39, 0.29) is 18.6 Å². The van der Waals surface area contributed by atoms with Crippen LogP contribution in [0.15, 0.2) is 0 Å². The highest BCUT2D eigenvalue weighted by molar-refractivity contribution is 5.77. The van der Waals surface area contributed by atoms with Gasteiger partial charge in [-0.25, -0.2) is 4.79 Å². The van der Waals surface area contributed by atoms with Crippen molar-refractivity contribution in [2.24, 2.45) is 5.41 Å². The molecule has 1 rings (SSSR count). The fourth-order valence-electron chi connectivity index (χ4n) is 1.42. The van der Waals surface area contributed by atoms with Crippen LogP contribution in [0.3, 0.4) is 0 Å². The van der Waals surface area contributed by atoms with Gasteiger partial charge in [0.1, 0.15) is 0 Å². The molecule has 0 heterocycles. The number of carbonyl (C=O) groups excluding carboxylic acids is 1. The number of urea groups is 1. The minimum absolute atomic E-state index is 0.164. The zero-order chi connectivity index (χ0) is 12.2. The van der Waals surface area contributed by atoms with Crippen molar-refractivity contribution in [3.05, 3.63) is 0 Å². The number of aliphatic carboxylic acids is 1. The molecule has 1 fully saturated rings. The number of rotatable bonds is 5. The van der Waals surface area contributed by atoms with Gasteiger partial charge in [0.25, 0.3) is 0 Å². The lowest BCUT2D eigenvalue weighted by atomic mass is 9.88. The third kappa shape index (κ3) is 3.12. The van der Waals surface area contributed by atoms with Crippen LogP contribution in [0.5, 0.6) is 0 Å². The van der Waals surface area contributed by atoms with Gasteiger partial charge in [0.2, 0.25) is 0 Å². The maximum atomic E-state index is 11.4. The SMILES string of the molecule is CCC(C)(CNC(=O)NC1CCC1)C(=O)O. The molecule has 0 aromatic heterocycles. The maximum Gasteiger partial charge on any atom is 0.315 e. The standard InChI is InChI=1S/C11H20N2O3/c1-3-11(2,9(14)15)7-12-10(16)13-8-5-4-6-8/h8H,3-7H2,1-2H3,(H,14,15)(H2,12,13,16). The molecule has 0 bridgehead atoms. The van der Waals surface area contributed by atoms with Gasteiger partial charge in [0.05, 0.1) is 5.41 Å². The summed E-state index contributed by atoms with van der Waals surface area (Å²) in [4.78, 5) is 22.4. The van der Waals surface area contributed by atoms with Gasteiger partial charge >= 0.3 is 12.0 Å². The van der Waals surface area contributed by atoms with Crippen molar-refractivity contribution in [2.75, 3.05) is 6.54 Å². The molecule has 1 saturated carbocycles. The van der Waals surface area contributed by atoms with Crippen LogP contribution in [-0.4, -0.2) is 29.7 Å². The third-order valence-corrected chi connectivity index (χ3v) is 3.38. The molecule has 0 aromatic carbocycles. The molecule has 16 heavy (non-hydrogen) atoms. The normalized spacial score (nSPS) is 19.4. The Labute approximate surface area is 95.6 Å². The first-order valence-corrected chi connectivity index (χ1v) is 5.75. The van der Waals surface area contributed by atoms with E-state index in [4.69, 9.17) is 5.11 Å². The summed E-state index contributed by atoms with van der Waals surface area (Å²) in [6.07, 6.45) is 3.70. The largest absolute Gasteiger partial charge is 0.481 e. The second kappa shape index (κ2) is 5.18. The Balaban J connectivity index is 2.31. The van der Waals surface area contributed by atoms with Crippen LogP contribution in [0.2, 0.25) is 0 Å². The Hall–Kier alpha value is -1.26. The van der Waals surface area contributed by atoms with Crippen LogP contribution in [0.4, 0.5) is 4.79 Å². The molecule has 0 radical (unpaired) electrons. The highest BCUT2D eigenvalue weighted by Gasteiger charge is 2.31. The minimum Gasteiger partial charge on any atom is -0.481 e. The highest BCUT2D eigenvalue weighted by atomic mass is 16.4. The quantitative estimate of drug-likeness (QED) is 0.664. The number of carboxylic acids is 1. The average molecular weight is 228 g/mol. The summed E-state index contributed by atoms with van der Waals surface area (Å²) in [5, 5.41) is 14.4. The molecular weight excluding hydrogens is 208 g/mol. The molecule has 5 nitrogen and oxygen atoms in total. The van der Waals surface area contributed by atoms with E-state index in [1.54, 1.807) is 13.8 Å². The molecule has 0 aliphatic heterocycles. The third-order valence-electron chi connectivity index (χ3n) is 3.38. The summed E-state index contributed by atoms with van der Waals surface area (Å²) in [5.74, 6) is -0.876. The first kappa shape index (κ1) is 12.8. The van der Waals surface area contributed by atoms with E-state index in [0.717, 1.165) is 19.3 Å². The first-order chi connectivity index (χ1) is 7.48. The van der Waals surface area contributed by atoms with Gasteiger partial charge in [0, 0.05) is 12.6 Å². The molecule has 1 unspecified atom stereocenters. The van der Waals surface area contributed by atoms with Crippen LogP contribution in [-0.2, 0) is 4.79 Å². The topological polar surface area (TPSA) is 78.4 Å². The second-order valence-electron chi connectivity index (χ2n) is 4.67. The number of hydrogen-bond acceptors (Lipinski definition) is 2. The zero-order valence-electron chi connectivity index (χ0n) is 9.88. The van der Waals surface area contributed by atoms with Gasteiger partial charge in [-0.2, -0.15) is 0 Å². The molecule has 1 aliphatic carbocycles. The zero-order valence-corrected chi connectivity index (χ0v) is 9.88. The number of carbonyl (C=O) groups is 2. The number of amides is 2. The fraction of sp³-hybridized carbons (Fsp3) is 0.818. The number of hydrogen-bond donors (Lipinski definition) is 3. The van der Waals surface area contributed by atoms with Gasteiger partial charge in [-0.05, 0) is 32.6 Å². The molecule has 2 amide bonds. The lowest BCUT2D eigenvalue weighted by Crippen LogP contribution is -2.49. The van der Waals surface area contributed by atoms with Crippen molar-refractivity contribution in [3.63, 3.8) is 0 Å². The molecule has 0 saturated heterocycles. The summed E-state index contributed by atoms with van der Waals surface area (Å²) >= 11 is 0. The smallest absolute Gasteiger partial charge is 0.315 e.